The molecule has 1 aliphatic heterocycles. The maximum Gasteiger partial charge on any atom is 0.246 e. The second kappa shape index (κ2) is 9.75. The predicted molar refractivity (Wildman–Crippen MR) is 123 cm³/mol. The molecular weight excluding hydrogens is 410 g/mol. The van der Waals surface area contributed by atoms with Gasteiger partial charge in [0.25, 0.3) is 0 Å². The quantitative estimate of drug-likeness (QED) is 0.702. The first-order chi connectivity index (χ1) is 15.0. The molecule has 2 amide bonds. The second-order valence-electron chi connectivity index (χ2n) is 8.42. The van der Waals surface area contributed by atoms with E-state index in [2.05, 4.69) is 4.98 Å². The molecule has 2 heterocycles. The van der Waals surface area contributed by atoms with Gasteiger partial charge in [-0.1, -0.05) is 37.5 Å². The van der Waals surface area contributed by atoms with Crippen LogP contribution in [0, 0.1) is 5.92 Å². The summed E-state index contributed by atoms with van der Waals surface area (Å²) in [7, 11) is 0. The van der Waals surface area contributed by atoms with E-state index in [1.54, 1.807) is 17.1 Å². The Hall–Kier alpha value is -2.51. The zero-order valence-corrected chi connectivity index (χ0v) is 18.6. The van der Waals surface area contributed by atoms with Crippen LogP contribution in [-0.4, -0.2) is 45.5 Å². The minimum atomic E-state index is -0.440. The number of carbonyl (C=O) groups is 2. The zero-order chi connectivity index (χ0) is 21.8. The molecule has 164 valence electrons. The third-order valence-corrected chi connectivity index (χ3v) is 7.07. The van der Waals surface area contributed by atoms with Gasteiger partial charge in [-0.25, -0.2) is 4.98 Å². The SMILES string of the molecule is CC(=O)N(c1ccccc1)c1nc(C=CC(=O)N2CC(O)CC2C2CCCCC2)cs1. The molecule has 1 saturated carbocycles. The number of hydrogen-bond donors (Lipinski definition) is 1. The monoisotopic (exact) mass is 439 g/mol. The molecule has 1 saturated heterocycles. The molecule has 1 aromatic heterocycles. The van der Waals surface area contributed by atoms with E-state index in [4.69, 9.17) is 0 Å². The van der Waals surface area contributed by atoms with Crippen LogP contribution in [0.15, 0.2) is 41.8 Å². The van der Waals surface area contributed by atoms with E-state index >= 15 is 0 Å². The van der Waals surface area contributed by atoms with Gasteiger partial charge < -0.3 is 10.0 Å². The van der Waals surface area contributed by atoms with Gasteiger partial charge in [-0.05, 0) is 43.4 Å². The second-order valence-corrected chi connectivity index (χ2v) is 9.26. The summed E-state index contributed by atoms with van der Waals surface area (Å²) < 4.78 is 0. The molecule has 31 heavy (non-hydrogen) atoms. The van der Waals surface area contributed by atoms with E-state index in [1.165, 1.54) is 37.5 Å². The summed E-state index contributed by atoms with van der Waals surface area (Å²) in [4.78, 5) is 33.1. The highest BCUT2D eigenvalue weighted by atomic mass is 32.1. The van der Waals surface area contributed by atoms with Gasteiger partial charge in [-0.2, -0.15) is 0 Å². The number of anilines is 2. The van der Waals surface area contributed by atoms with Gasteiger partial charge in [0, 0.05) is 31.0 Å². The molecule has 4 rings (SSSR count). The van der Waals surface area contributed by atoms with Crippen molar-refractivity contribution in [3.8, 4) is 0 Å². The molecule has 1 aromatic carbocycles. The molecule has 0 radical (unpaired) electrons. The van der Waals surface area contributed by atoms with Crippen LogP contribution in [0.3, 0.4) is 0 Å². The van der Waals surface area contributed by atoms with Gasteiger partial charge in [0.1, 0.15) is 0 Å². The van der Waals surface area contributed by atoms with Crippen molar-refractivity contribution in [2.45, 2.75) is 57.6 Å². The molecule has 1 N–H and O–H groups in total. The Morgan fingerprint density at radius 1 is 1.19 bits per heavy atom. The number of rotatable bonds is 5. The van der Waals surface area contributed by atoms with Gasteiger partial charge in [0.2, 0.25) is 11.8 Å². The molecule has 7 heteroatoms. The average Bonchev–Trinajstić information content (AvgIpc) is 3.40. The van der Waals surface area contributed by atoms with Crippen LogP contribution in [-0.2, 0) is 9.59 Å². The third kappa shape index (κ3) is 5.05. The molecular formula is C24H29N3O3S. The Balaban J connectivity index is 1.46. The van der Waals surface area contributed by atoms with Crippen molar-refractivity contribution in [1.29, 1.82) is 0 Å². The highest BCUT2D eigenvalue weighted by Gasteiger charge is 2.38. The highest BCUT2D eigenvalue weighted by molar-refractivity contribution is 7.14. The number of aromatic nitrogens is 1. The fourth-order valence-electron chi connectivity index (χ4n) is 4.77. The van der Waals surface area contributed by atoms with Crippen LogP contribution in [0.4, 0.5) is 10.8 Å². The summed E-state index contributed by atoms with van der Waals surface area (Å²) in [6, 6.07) is 9.53. The van der Waals surface area contributed by atoms with Crippen LogP contribution in [0.2, 0.25) is 0 Å². The molecule has 2 aromatic rings. The van der Waals surface area contributed by atoms with Gasteiger partial charge >= 0.3 is 0 Å². The van der Waals surface area contributed by atoms with Crippen LogP contribution < -0.4 is 4.90 Å². The van der Waals surface area contributed by atoms with Crippen molar-refractivity contribution in [3.63, 3.8) is 0 Å². The minimum absolute atomic E-state index is 0.0758. The topological polar surface area (TPSA) is 73.7 Å². The van der Waals surface area contributed by atoms with E-state index < -0.39 is 6.10 Å². The number of benzene rings is 1. The van der Waals surface area contributed by atoms with E-state index in [0.29, 0.717) is 29.7 Å². The predicted octanol–water partition coefficient (Wildman–Crippen LogP) is 4.38. The maximum absolute atomic E-state index is 12.9. The highest BCUT2D eigenvalue weighted by Crippen LogP contribution is 2.35. The number of amides is 2. The van der Waals surface area contributed by atoms with Gasteiger partial charge in [-0.3, -0.25) is 14.5 Å². The smallest absolute Gasteiger partial charge is 0.246 e. The van der Waals surface area contributed by atoms with Crippen molar-refractivity contribution < 1.29 is 14.7 Å². The summed E-state index contributed by atoms with van der Waals surface area (Å²) in [6.07, 6.45) is 9.46. The Labute approximate surface area is 187 Å². The third-order valence-electron chi connectivity index (χ3n) is 6.23. The van der Waals surface area contributed by atoms with Crippen molar-refractivity contribution in [1.82, 2.24) is 9.88 Å². The first kappa shape index (κ1) is 21.7. The summed E-state index contributed by atoms with van der Waals surface area (Å²) >= 11 is 1.37. The Bertz CT molecular complexity index is 937. The molecule has 2 aliphatic rings. The summed E-state index contributed by atoms with van der Waals surface area (Å²) in [5.74, 6) is 0.297. The standard InChI is InChI=1S/C24H29N3O3S/c1-17(28)27(20-10-6-3-7-11-20)24-25-19(16-31-24)12-13-23(30)26-15-21(29)14-22(26)18-8-4-2-5-9-18/h3,6-7,10-13,16,18,21-22,29H,2,4-5,8-9,14-15H2,1H3. The van der Waals surface area contributed by atoms with Crippen molar-refractivity contribution >= 4 is 40.0 Å². The lowest BCUT2D eigenvalue weighted by Crippen LogP contribution is -2.40. The van der Waals surface area contributed by atoms with Crippen molar-refractivity contribution in [2.24, 2.45) is 5.92 Å². The lowest BCUT2D eigenvalue weighted by Gasteiger charge is -2.33. The van der Waals surface area contributed by atoms with Crippen LogP contribution in [0.25, 0.3) is 6.08 Å². The molecule has 0 spiro atoms. The van der Waals surface area contributed by atoms with Crippen molar-refractivity contribution in [2.75, 3.05) is 11.4 Å². The molecule has 1 aliphatic carbocycles. The van der Waals surface area contributed by atoms with E-state index in [1.807, 2.05) is 40.6 Å². The number of β-amino-alcohol motifs (C(OH)–C–C–N with tert-alkyl or cyclic N) is 1. The number of aliphatic hydroxyl groups is 1. The Kier molecular flexibility index (Phi) is 6.83. The van der Waals surface area contributed by atoms with Gasteiger partial charge in [0.15, 0.2) is 5.13 Å². The molecule has 0 bridgehead atoms. The lowest BCUT2D eigenvalue weighted by atomic mass is 9.82. The Morgan fingerprint density at radius 3 is 2.65 bits per heavy atom. The number of thiazole rings is 1. The number of para-hydroxylation sites is 1. The van der Waals surface area contributed by atoms with Gasteiger partial charge in [-0.15, -0.1) is 11.3 Å². The summed E-state index contributed by atoms with van der Waals surface area (Å²) in [6.45, 7) is 1.91. The zero-order valence-electron chi connectivity index (χ0n) is 17.8. The van der Waals surface area contributed by atoms with Crippen LogP contribution >= 0.6 is 11.3 Å². The maximum atomic E-state index is 12.9. The molecule has 2 fully saturated rings. The van der Waals surface area contributed by atoms with Crippen LogP contribution in [0.1, 0.15) is 51.1 Å². The first-order valence-corrected chi connectivity index (χ1v) is 11.9. The number of aliphatic hydroxyl groups excluding tert-OH is 1. The van der Waals surface area contributed by atoms with Gasteiger partial charge in [0.05, 0.1) is 17.5 Å². The summed E-state index contributed by atoms with van der Waals surface area (Å²) in [5, 5.41) is 12.6. The van der Waals surface area contributed by atoms with E-state index in [0.717, 1.165) is 18.5 Å². The largest absolute Gasteiger partial charge is 0.391 e. The van der Waals surface area contributed by atoms with Crippen molar-refractivity contribution in [3.05, 3.63) is 47.5 Å². The fourth-order valence-corrected chi connectivity index (χ4v) is 5.63. The minimum Gasteiger partial charge on any atom is -0.391 e. The average molecular weight is 440 g/mol. The number of likely N-dealkylation sites (tertiary alicyclic amines) is 1. The van der Waals surface area contributed by atoms with Crippen LogP contribution in [0.5, 0.6) is 0 Å². The van der Waals surface area contributed by atoms with E-state index in [9.17, 15) is 14.7 Å². The number of carbonyl (C=O) groups excluding carboxylic acids is 2. The first-order valence-electron chi connectivity index (χ1n) is 11.0. The lowest BCUT2D eigenvalue weighted by molar-refractivity contribution is -0.128. The Morgan fingerprint density at radius 2 is 1.94 bits per heavy atom. The summed E-state index contributed by atoms with van der Waals surface area (Å²) in [5.41, 5.74) is 1.40. The number of hydrogen-bond acceptors (Lipinski definition) is 5. The molecule has 2 atom stereocenters. The fraction of sp³-hybridized carbons (Fsp3) is 0.458. The number of nitrogens with zero attached hydrogens (tertiary/aromatic N) is 3. The normalized spacial score (nSPS) is 22.2. The molecule has 6 nitrogen and oxygen atoms in total. The van der Waals surface area contributed by atoms with E-state index in [-0.39, 0.29) is 17.9 Å². The molecule has 2 unspecified atom stereocenters.